The molecule has 8 heteroatoms. The molecule has 7 nitrogen and oxygen atoms in total. The molecule has 1 aliphatic heterocycles. The van der Waals surface area contributed by atoms with Gasteiger partial charge >= 0.3 is 0 Å². The van der Waals surface area contributed by atoms with Gasteiger partial charge in [-0.3, -0.25) is 4.79 Å². The maximum Gasteiger partial charge on any atom is 0.223 e. The summed E-state index contributed by atoms with van der Waals surface area (Å²) in [5.74, 6) is 0.913. The molecule has 0 aliphatic carbocycles. The Morgan fingerprint density at radius 3 is 2.92 bits per heavy atom. The number of benzene rings is 1. The molecule has 1 atom stereocenters. The lowest BCUT2D eigenvalue weighted by Crippen LogP contribution is -2.48. The van der Waals surface area contributed by atoms with E-state index < -0.39 is 5.54 Å². The van der Waals surface area contributed by atoms with Gasteiger partial charge in [-0.2, -0.15) is 4.98 Å². The fourth-order valence-corrected chi connectivity index (χ4v) is 4.13. The average Bonchev–Trinajstić information content (AvgIpc) is 3.24. The Hall–Kier alpha value is -2.48. The van der Waals surface area contributed by atoms with E-state index in [1.165, 1.54) is 6.92 Å². The van der Waals surface area contributed by atoms with Crippen LogP contribution < -0.4 is 10.2 Å². The van der Waals surface area contributed by atoms with Crippen LogP contribution in [0, 0.1) is 6.92 Å². The summed E-state index contributed by atoms with van der Waals surface area (Å²) in [5.41, 5.74) is 0.353. The highest BCUT2D eigenvalue weighted by molar-refractivity contribution is 7.22. The number of nitrogens with zero attached hydrogens (tertiary/aromatic N) is 4. The van der Waals surface area contributed by atoms with Crippen molar-refractivity contribution < 1.29 is 9.32 Å². The number of aryl methyl sites for hydroxylation is 1. The van der Waals surface area contributed by atoms with Gasteiger partial charge in [-0.05, 0) is 18.6 Å². The van der Waals surface area contributed by atoms with E-state index in [1.54, 1.807) is 18.3 Å². The van der Waals surface area contributed by atoms with E-state index in [4.69, 9.17) is 9.51 Å². The van der Waals surface area contributed by atoms with Gasteiger partial charge in [0.05, 0.1) is 16.8 Å². The van der Waals surface area contributed by atoms with Gasteiger partial charge in [-0.15, -0.1) is 0 Å². The van der Waals surface area contributed by atoms with Crippen molar-refractivity contribution >= 4 is 32.6 Å². The van der Waals surface area contributed by atoms with Gasteiger partial charge in [-0.25, -0.2) is 4.98 Å². The molecule has 1 aliphatic rings. The summed E-state index contributed by atoms with van der Waals surface area (Å²) in [6, 6.07) is 8.07. The van der Waals surface area contributed by atoms with Crippen LogP contribution in [0.4, 0.5) is 5.13 Å². The van der Waals surface area contributed by atoms with Crippen LogP contribution in [0.5, 0.6) is 0 Å². The Kier molecular flexibility index (Phi) is 3.49. The molecule has 3 heterocycles. The van der Waals surface area contributed by atoms with Crippen LogP contribution in [-0.4, -0.2) is 34.1 Å². The molecule has 124 valence electrons. The first-order valence-corrected chi connectivity index (χ1v) is 8.57. The number of aromatic nitrogens is 3. The number of anilines is 1. The quantitative estimate of drug-likeness (QED) is 0.785. The van der Waals surface area contributed by atoms with Gasteiger partial charge in [0.15, 0.2) is 11.0 Å². The first kappa shape index (κ1) is 15.1. The summed E-state index contributed by atoms with van der Waals surface area (Å²) in [4.78, 5) is 23.0. The van der Waals surface area contributed by atoms with Crippen molar-refractivity contribution in [2.24, 2.45) is 0 Å². The van der Waals surface area contributed by atoms with Crippen LogP contribution in [0.1, 0.15) is 25.1 Å². The molecule has 2 aromatic heterocycles. The molecular weight excluding hydrogens is 326 g/mol. The highest BCUT2D eigenvalue weighted by Crippen LogP contribution is 2.36. The highest BCUT2D eigenvalue weighted by Gasteiger charge is 2.45. The van der Waals surface area contributed by atoms with E-state index in [-0.39, 0.29) is 5.91 Å². The van der Waals surface area contributed by atoms with Gasteiger partial charge in [0.1, 0.15) is 5.54 Å². The van der Waals surface area contributed by atoms with Crippen molar-refractivity contribution in [2.45, 2.75) is 25.8 Å². The van der Waals surface area contributed by atoms with Gasteiger partial charge in [0.2, 0.25) is 11.8 Å². The molecule has 3 aromatic rings. The number of hydrogen-bond donors (Lipinski definition) is 1. The van der Waals surface area contributed by atoms with E-state index >= 15 is 0 Å². The third kappa shape index (κ3) is 2.52. The number of rotatable bonds is 3. The number of carbonyl (C=O) groups excluding carboxylic acids is 1. The molecular formula is C16H17N5O2S. The summed E-state index contributed by atoms with van der Waals surface area (Å²) in [6.45, 7) is 4.60. The van der Waals surface area contributed by atoms with Crippen molar-refractivity contribution in [3.05, 3.63) is 36.0 Å². The SMILES string of the molecule is CC(=O)NC1(c2noc(C)n2)CCN(c2nc3ccccc3s2)C1. The zero-order valence-corrected chi connectivity index (χ0v) is 14.3. The average molecular weight is 343 g/mol. The Morgan fingerprint density at radius 2 is 2.21 bits per heavy atom. The van der Waals surface area contributed by atoms with Crippen LogP contribution in [0.2, 0.25) is 0 Å². The first-order valence-electron chi connectivity index (χ1n) is 7.76. The van der Waals surface area contributed by atoms with Crippen LogP contribution in [-0.2, 0) is 10.3 Å². The normalized spacial score (nSPS) is 20.7. The van der Waals surface area contributed by atoms with Crippen LogP contribution in [0.25, 0.3) is 10.2 Å². The van der Waals surface area contributed by atoms with Crippen molar-refractivity contribution in [2.75, 3.05) is 18.0 Å². The van der Waals surface area contributed by atoms with Crippen LogP contribution >= 0.6 is 11.3 Å². The predicted molar refractivity (Wildman–Crippen MR) is 91.0 cm³/mol. The van der Waals surface area contributed by atoms with Crippen molar-refractivity contribution in [1.82, 2.24) is 20.4 Å². The second kappa shape index (κ2) is 5.55. The van der Waals surface area contributed by atoms with E-state index in [2.05, 4.69) is 26.4 Å². The van der Waals surface area contributed by atoms with Crippen LogP contribution in [0.3, 0.4) is 0 Å². The molecule has 1 unspecified atom stereocenters. The van der Waals surface area contributed by atoms with E-state index in [1.807, 2.05) is 18.2 Å². The maximum absolute atomic E-state index is 11.7. The summed E-state index contributed by atoms with van der Waals surface area (Å²) in [7, 11) is 0. The molecule has 1 aromatic carbocycles. The molecule has 1 saturated heterocycles. The summed E-state index contributed by atoms with van der Waals surface area (Å²) >= 11 is 1.65. The molecule has 1 N–H and O–H groups in total. The second-order valence-electron chi connectivity index (χ2n) is 6.04. The minimum Gasteiger partial charge on any atom is -0.345 e. The number of fused-ring (bicyclic) bond motifs is 1. The standard InChI is InChI=1S/C16H17N5O2S/c1-10(22)19-16(14-17-11(2)23-20-14)7-8-21(9-16)15-18-12-5-3-4-6-13(12)24-15/h3-6H,7-9H2,1-2H3,(H,19,22). The van der Waals surface area contributed by atoms with E-state index in [0.29, 0.717) is 24.7 Å². The number of thiazole rings is 1. The van der Waals surface area contributed by atoms with Gasteiger partial charge in [0.25, 0.3) is 0 Å². The Bertz CT molecular complexity index is 872. The minimum absolute atomic E-state index is 0.108. The molecule has 24 heavy (non-hydrogen) atoms. The van der Waals surface area contributed by atoms with Crippen molar-refractivity contribution in [3.8, 4) is 0 Å². The van der Waals surface area contributed by atoms with Crippen molar-refractivity contribution in [3.63, 3.8) is 0 Å². The fourth-order valence-electron chi connectivity index (χ4n) is 3.14. The monoisotopic (exact) mass is 343 g/mol. The highest BCUT2D eigenvalue weighted by atomic mass is 32.1. The lowest BCUT2D eigenvalue weighted by Gasteiger charge is -2.26. The Balaban J connectivity index is 1.67. The van der Waals surface area contributed by atoms with Gasteiger partial charge in [0, 0.05) is 20.4 Å². The molecule has 0 saturated carbocycles. The molecule has 1 fully saturated rings. The number of amides is 1. The Labute approximate surface area is 142 Å². The smallest absolute Gasteiger partial charge is 0.223 e. The zero-order chi connectivity index (χ0) is 16.7. The third-order valence-corrected chi connectivity index (χ3v) is 5.29. The molecule has 0 spiro atoms. The summed E-state index contributed by atoms with van der Waals surface area (Å²) in [5, 5.41) is 8.03. The molecule has 1 amide bonds. The van der Waals surface area contributed by atoms with Crippen LogP contribution in [0.15, 0.2) is 28.8 Å². The van der Waals surface area contributed by atoms with E-state index in [0.717, 1.165) is 21.9 Å². The fraction of sp³-hybridized carbons (Fsp3) is 0.375. The number of carbonyl (C=O) groups is 1. The van der Waals surface area contributed by atoms with Gasteiger partial charge < -0.3 is 14.7 Å². The van der Waals surface area contributed by atoms with Gasteiger partial charge in [-0.1, -0.05) is 28.6 Å². The molecule has 0 bridgehead atoms. The summed E-state index contributed by atoms with van der Waals surface area (Å²) in [6.07, 6.45) is 0.710. The lowest BCUT2D eigenvalue weighted by molar-refractivity contribution is -0.120. The Morgan fingerprint density at radius 1 is 1.38 bits per heavy atom. The first-order chi connectivity index (χ1) is 11.6. The number of hydrogen-bond acceptors (Lipinski definition) is 7. The number of para-hydroxylation sites is 1. The number of nitrogens with one attached hydrogen (secondary N) is 1. The molecule has 4 rings (SSSR count). The largest absolute Gasteiger partial charge is 0.345 e. The van der Waals surface area contributed by atoms with E-state index in [9.17, 15) is 4.79 Å². The second-order valence-corrected chi connectivity index (χ2v) is 7.05. The maximum atomic E-state index is 11.7. The predicted octanol–water partition coefficient (Wildman–Crippen LogP) is 2.23. The summed E-state index contributed by atoms with van der Waals surface area (Å²) < 4.78 is 6.28. The third-order valence-electron chi connectivity index (χ3n) is 4.19. The molecule has 0 radical (unpaired) electrons. The minimum atomic E-state index is -0.637. The lowest BCUT2D eigenvalue weighted by atomic mass is 9.97. The topological polar surface area (TPSA) is 84.2 Å². The van der Waals surface area contributed by atoms with Crippen molar-refractivity contribution in [1.29, 1.82) is 0 Å². The zero-order valence-electron chi connectivity index (χ0n) is 13.4.